The number of aromatic nitrogens is 2. The highest BCUT2D eigenvalue weighted by atomic mass is 35.5. The van der Waals surface area contributed by atoms with Crippen LogP contribution in [-0.2, 0) is 0 Å². The molecule has 0 aliphatic rings. The minimum atomic E-state index is -0.271. The monoisotopic (exact) mass is 243 g/mol. The topological polar surface area (TPSA) is 47.0 Å². The fourth-order valence-corrected chi connectivity index (χ4v) is 1.07. The van der Waals surface area contributed by atoms with Crippen molar-refractivity contribution in [3.8, 4) is 5.88 Å². The van der Waals surface area contributed by atoms with Crippen LogP contribution in [0.2, 0.25) is 0 Å². The highest BCUT2D eigenvalue weighted by Gasteiger charge is 2.24. The number of hydrogen-bond donors (Lipinski definition) is 1. The molecule has 16 heavy (non-hydrogen) atoms. The minimum absolute atomic E-state index is 0.0353. The fraction of sp³-hybridized carbons (Fsp3) is 0.636. The molecule has 0 bridgehead atoms. The van der Waals surface area contributed by atoms with Crippen LogP contribution < -0.4 is 10.1 Å². The molecule has 1 rings (SSSR count). The van der Waals surface area contributed by atoms with Gasteiger partial charge in [0.15, 0.2) is 0 Å². The number of nitrogens with zero attached hydrogens (tertiary/aromatic N) is 2. The molecular formula is C11H18ClN3O. The van der Waals surface area contributed by atoms with Gasteiger partial charge in [-0.15, -0.1) is 11.6 Å². The van der Waals surface area contributed by atoms with E-state index >= 15 is 0 Å². The van der Waals surface area contributed by atoms with Crippen molar-refractivity contribution in [1.82, 2.24) is 9.97 Å². The molecule has 1 atom stereocenters. The maximum Gasteiger partial charge on any atom is 0.226 e. The van der Waals surface area contributed by atoms with Crippen LogP contribution in [0.1, 0.15) is 27.7 Å². The van der Waals surface area contributed by atoms with Crippen molar-refractivity contribution in [3.05, 3.63) is 12.3 Å². The van der Waals surface area contributed by atoms with Crippen molar-refractivity contribution in [2.45, 2.75) is 38.6 Å². The van der Waals surface area contributed by atoms with Gasteiger partial charge < -0.3 is 10.1 Å². The molecule has 0 spiro atoms. The molecule has 1 aromatic rings. The van der Waals surface area contributed by atoms with Gasteiger partial charge >= 0.3 is 0 Å². The summed E-state index contributed by atoms with van der Waals surface area (Å²) in [7, 11) is 0. The Morgan fingerprint density at radius 2 is 2.25 bits per heavy atom. The third-order valence-corrected chi connectivity index (χ3v) is 2.90. The lowest BCUT2D eigenvalue weighted by Crippen LogP contribution is -2.39. The molecule has 0 aliphatic heterocycles. The van der Waals surface area contributed by atoms with Crippen LogP contribution in [0.25, 0.3) is 0 Å². The van der Waals surface area contributed by atoms with Crippen molar-refractivity contribution < 1.29 is 4.74 Å². The van der Waals surface area contributed by atoms with Gasteiger partial charge in [0.1, 0.15) is 0 Å². The largest absolute Gasteiger partial charge is 0.478 e. The molecule has 0 radical (unpaired) electrons. The molecule has 0 saturated carbocycles. The summed E-state index contributed by atoms with van der Waals surface area (Å²) in [6.45, 7) is 8.44. The molecular weight excluding hydrogens is 226 g/mol. The van der Waals surface area contributed by atoms with Crippen molar-refractivity contribution >= 4 is 17.5 Å². The van der Waals surface area contributed by atoms with Crippen LogP contribution in [-0.4, -0.2) is 27.5 Å². The molecule has 1 aromatic heterocycles. The molecule has 1 heterocycles. The number of ether oxygens (including phenoxy) is 1. The van der Waals surface area contributed by atoms with Gasteiger partial charge in [-0.2, -0.15) is 4.98 Å². The summed E-state index contributed by atoms with van der Waals surface area (Å²) >= 11 is 6.07. The fourth-order valence-electron chi connectivity index (χ4n) is 1.02. The van der Waals surface area contributed by atoms with Crippen molar-refractivity contribution in [2.75, 3.05) is 11.9 Å². The lowest BCUT2D eigenvalue weighted by molar-refractivity contribution is 0.326. The number of anilines is 1. The second kappa shape index (κ2) is 5.34. The molecule has 0 fully saturated rings. The lowest BCUT2D eigenvalue weighted by Gasteiger charge is -2.28. The van der Waals surface area contributed by atoms with Gasteiger partial charge in [-0.25, -0.2) is 4.98 Å². The average molecular weight is 244 g/mol. The second-order valence-corrected chi connectivity index (χ2v) is 4.77. The van der Waals surface area contributed by atoms with E-state index in [9.17, 15) is 0 Å². The highest BCUT2D eigenvalue weighted by Crippen LogP contribution is 2.20. The smallest absolute Gasteiger partial charge is 0.226 e. The SMILES string of the molecule is CCOc1ccnc(NC(C)(C)C(C)Cl)n1. The molecule has 1 N–H and O–H groups in total. The van der Waals surface area contributed by atoms with Crippen molar-refractivity contribution in [2.24, 2.45) is 0 Å². The molecule has 90 valence electrons. The average Bonchev–Trinajstić information content (AvgIpc) is 2.17. The Morgan fingerprint density at radius 3 is 2.81 bits per heavy atom. The van der Waals surface area contributed by atoms with Gasteiger partial charge in [-0.1, -0.05) is 0 Å². The Labute approximate surface area is 101 Å². The zero-order valence-corrected chi connectivity index (χ0v) is 10.9. The lowest BCUT2D eigenvalue weighted by atomic mass is 10.0. The first-order valence-electron chi connectivity index (χ1n) is 5.34. The number of rotatable bonds is 5. The summed E-state index contributed by atoms with van der Waals surface area (Å²) in [6.07, 6.45) is 1.66. The first-order valence-corrected chi connectivity index (χ1v) is 5.77. The zero-order chi connectivity index (χ0) is 12.2. The van der Waals surface area contributed by atoms with Gasteiger partial charge in [0.05, 0.1) is 17.5 Å². The molecule has 0 aromatic carbocycles. The van der Waals surface area contributed by atoms with Crippen molar-refractivity contribution in [1.29, 1.82) is 0 Å². The van der Waals surface area contributed by atoms with Crippen LogP contribution in [0.3, 0.4) is 0 Å². The van der Waals surface area contributed by atoms with Gasteiger partial charge in [0, 0.05) is 12.3 Å². The Balaban J connectivity index is 2.77. The van der Waals surface area contributed by atoms with Crippen LogP contribution in [0.5, 0.6) is 5.88 Å². The Bertz CT molecular complexity index is 342. The van der Waals surface area contributed by atoms with E-state index in [0.29, 0.717) is 18.4 Å². The zero-order valence-electron chi connectivity index (χ0n) is 10.1. The van der Waals surface area contributed by atoms with Crippen LogP contribution in [0.15, 0.2) is 12.3 Å². The van der Waals surface area contributed by atoms with Crippen LogP contribution in [0.4, 0.5) is 5.95 Å². The summed E-state index contributed by atoms with van der Waals surface area (Å²) in [5, 5.41) is 3.15. The van der Waals surface area contributed by atoms with Gasteiger partial charge in [0.25, 0.3) is 0 Å². The van der Waals surface area contributed by atoms with E-state index < -0.39 is 0 Å². The summed E-state index contributed by atoms with van der Waals surface area (Å²) in [5.74, 6) is 1.10. The highest BCUT2D eigenvalue weighted by molar-refractivity contribution is 6.21. The molecule has 5 heteroatoms. The standard InChI is InChI=1S/C11H18ClN3O/c1-5-16-9-6-7-13-10(14-9)15-11(3,4)8(2)12/h6-8H,5H2,1-4H3,(H,13,14,15). The number of alkyl halides is 1. The molecule has 0 amide bonds. The molecule has 1 unspecified atom stereocenters. The number of nitrogens with one attached hydrogen (secondary N) is 1. The maximum absolute atomic E-state index is 6.07. The molecule has 4 nitrogen and oxygen atoms in total. The number of halogens is 1. The molecule has 0 saturated heterocycles. The van der Waals surface area contributed by atoms with E-state index in [2.05, 4.69) is 15.3 Å². The van der Waals surface area contributed by atoms with E-state index in [4.69, 9.17) is 16.3 Å². The van der Waals surface area contributed by atoms with E-state index in [1.54, 1.807) is 12.3 Å². The first kappa shape index (κ1) is 13.0. The van der Waals surface area contributed by atoms with E-state index in [1.165, 1.54) is 0 Å². The maximum atomic E-state index is 6.07. The van der Waals surface area contributed by atoms with Crippen LogP contribution >= 0.6 is 11.6 Å². The van der Waals surface area contributed by atoms with Gasteiger partial charge in [-0.05, 0) is 27.7 Å². The predicted molar refractivity (Wildman–Crippen MR) is 66.2 cm³/mol. The third kappa shape index (κ3) is 3.52. The second-order valence-electron chi connectivity index (χ2n) is 4.11. The Kier molecular flexibility index (Phi) is 4.35. The summed E-state index contributed by atoms with van der Waals surface area (Å²) in [6, 6.07) is 1.73. The third-order valence-electron chi connectivity index (χ3n) is 2.35. The Hall–Kier alpha value is -1.03. The minimum Gasteiger partial charge on any atom is -0.478 e. The summed E-state index contributed by atoms with van der Waals surface area (Å²) in [4.78, 5) is 8.36. The van der Waals surface area contributed by atoms with E-state index in [0.717, 1.165) is 0 Å². The van der Waals surface area contributed by atoms with Gasteiger partial charge in [-0.3, -0.25) is 0 Å². The summed E-state index contributed by atoms with van der Waals surface area (Å²) < 4.78 is 5.30. The number of hydrogen-bond acceptors (Lipinski definition) is 4. The normalized spacial score (nSPS) is 13.3. The van der Waals surface area contributed by atoms with E-state index in [1.807, 2.05) is 27.7 Å². The predicted octanol–water partition coefficient (Wildman–Crippen LogP) is 2.69. The summed E-state index contributed by atoms with van der Waals surface area (Å²) in [5.41, 5.74) is -0.271. The van der Waals surface area contributed by atoms with Crippen molar-refractivity contribution in [3.63, 3.8) is 0 Å². The van der Waals surface area contributed by atoms with Gasteiger partial charge in [0.2, 0.25) is 11.8 Å². The first-order chi connectivity index (χ1) is 7.45. The quantitative estimate of drug-likeness (QED) is 0.808. The molecule has 0 aliphatic carbocycles. The van der Waals surface area contributed by atoms with Crippen LogP contribution in [0, 0.1) is 0 Å². The Morgan fingerprint density at radius 1 is 1.56 bits per heavy atom. The van der Waals surface area contributed by atoms with E-state index in [-0.39, 0.29) is 10.9 Å².